The first-order valence-electron chi connectivity index (χ1n) is 7.48. The molecule has 0 saturated carbocycles. The average molecular weight is 292 g/mol. The summed E-state index contributed by atoms with van der Waals surface area (Å²) < 4.78 is 11.2. The quantitative estimate of drug-likeness (QED) is 0.903. The van der Waals surface area contributed by atoms with Gasteiger partial charge in [0.15, 0.2) is 0 Å². The van der Waals surface area contributed by atoms with Crippen molar-refractivity contribution in [2.45, 2.75) is 33.0 Å². The van der Waals surface area contributed by atoms with Crippen molar-refractivity contribution in [1.29, 1.82) is 0 Å². The topological polar surface area (TPSA) is 50.8 Å². The van der Waals surface area contributed by atoms with Crippen molar-refractivity contribution in [3.8, 4) is 5.75 Å². The SMILES string of the molecule is CCOc1ccccc1NC(=O)CN1C[C@H](C)O[C@@H](C)C1. The molecule has 0 radical (unpaired) electrons. The van der Waals surface area contributed by atoms with Crippen LogP contribution in [0.25, 0.3) is 0 Å². The average Bonchev–Trinajstić information content (AvgIpc) is 2.40. The van der Waals surface area contributed by atoms with Crippen LogP contribution in [0.3, 0.4) is 0 Å². The smallest absolute Gasteiger partial charge is 0.238 e. The van der Waals surface area contributed by atoms with Crippen molar-refractivity contribution in [2.24, 2.45) is 0 Å². The second kappa shape index (κ2) is 7.43. The molecule has 1 aromatic carbocycles. The largest absolute Gasteiger partial charge is 0.492 e. The van der Waals surface area contributed by atoms with Crippen LogP contribution >= 0.6 is 0 Å². The third-order valence-electron chi connectivity index (χ3n) is 3.32. The van der Waals surface area contributed by atoms with Crippen LogP contribution in [-0.4, -0.2) is 49.3 Å². The number of carbonyl (C=O) groups is 1. The van der Waals surface area contributed by atoms with Gasteiger partial charge in [0.2, 0.25) is 5.91 Å². The van der Waals surface area contributed by atoms with Gasteiger partial charge in [-0.1, -0.05) is 12.1 Å². The number of hydrogen-bond acceptors (Lipinski definition) is 4. The second-order valence-corrected chi connectivity index (χ2v) is 5.43. The zero-order valence-electron chi connectivity index (χ0n) is 13.0. The maximum Gasteiger partial charge on any atom is 0.238 e. The molecule has 1 heterocycles. The molecular weight excluding hydrogens is 268 g/mol. The highest BCUT2D eigenvalue weighted by atomic mass is 16.5. The second-order valence-electron chi connectivity index (χ2n) is 5.43. The number of rotatable bonds is 5. The first kappa shape index (κ1) is 15.8. The van der Waals surface area contributed by atoms with Crippen LogP contribution in [-0.2, 0) is 9.53 Å². The van der Waals surface area contributed by atoms with Crippen molar-refractivity contribution in [3.63, 3.8) is 0 Å². The summed E-state index contributed by atoms with van der Waals surface area (Å²) in [7, 11) is 0. The van der Waals surface area contributed by atoms with E-state index in [0.717, 1.165) is 18.8 Å². The van der Waals surface area contributed by atoms with Gasteiger partial charge in [0.1, 0.15) is 5.75 Å². The van der Waals surface area contributed by atoms with Crippen LogP contribution < -0.4 is 10.1 Å². The van der Waals surface area contributed by atoms with Gasteiger partial charge in [-0.05, 0) is 32.9 Å². The molecule has 1 aliphatic heterocycles. The molecule has 1 amide bonds. The molecule has 1 aliphatic rings. The third-order valence-corrected chi connectivity index (χ3v) is 3.32. The normalized spacial score (nSPS) is 22.8. The zero-order chi connectivity index (χ0) is 15.2. The van der Waals surface area contributed by atoms with Crippen molar-refractivity contribution in [3.05, 3.63) is 24.3 Å². The summed E-state index contributed by atoms with van der Waals surface area (Å²) in [6.45, 7) is 8.50. The Hall–Kier alpha value is -1.59. The minimum Gasteiger partial charge on any atom is -0.492 e. The van der Waals surface area contributed by atoms with E-state index in [4.69, 9.17) is 9.47 Å². The van der Waals surface area contributed by atoms with E-state index < -0.39 is 0 Å². The minimum absolute atomic E-state index is 0.0246. The lowest BCUT2D eigenvalue weighted by Crippen LogP contribution is -2.48. The van der Waals surface area contributed by atoms with E-state index in [1.165, 1.54) is 0 Å². The van der Waals surface area contributed by atoms with E-state index in [0.29, 0.717) is 18.9 Å². The summed E-state index contributed by atoms with van der Waals surface area (Å²) in [5.41, 5.74) is 0.721. The molecule has 0 aliphatic carbocycles. The first-order valence-corrected chi connectivity index (χ1v) is 7.48. The number of ether oxygens (including phenoxy) is 2. The number of hydrogen-bond donors (Lipinski definition) is 1. The van der Waals surface area contributed by atoms with Gasteiger partial charge in [0, 0.05) is 13.1 Å². The highest BCUT2D eigenvalue weighted by molar-refractivity contribution is 5.93. The Morgan fingerprint density at radius 2 is 2.00 bits per heavy atom. The Morgan fingerprint density at radius 3 is 2.67 bits per heavy atom. The standard InChI is InChI=1S/C16H24N2O3/c1-4-20-15-8-6-5-7-14(15)17-16(19)11-18-9-12(2)21-13(3)10-18/h5-8,12-13H,4,9-11H2,1-3H3,(H,17,19)/t12-,13-/m0/s1. The Morgan fingerprint density at radius 1 is 1.33 bits per heavy atom. The molecule has 0 aromatic heterocycles. The number of benzene rings is 1. The van der Waals surface area contributed by atoms with Crippen LogP contribution in [0.5, 0.6) is 5.75 Å². The van der Waals surface area contributed by atoms with Crippen LogP contribution in [0.2, 0.25) is 0 Å². The molecule has 1 saturated heterocycles. The Balaban J connectivity index is 1.92. The third kappa shape index (κ3) is 4.72. The van der Waals surface area contributed by atoms with Gasteiger partial charge < -0.3 is 14.8 Å². The van der Waals surface area contributed by atoms with E-state index in [9.17, 15) is 4.79 Å². The number of anilines is 1. The monoisotopic (exact) mass is 292 g/mol. The number of para-hydroxylation sites is 2. The van der Waals surface area contributed by atoms with Crippen LogP contribution in [0.1, 0.15) is 20.8 Å². The van der Waals surface area contributed by atoms with E-state index in [-0.39, 0.29) is 18.1 Å². The van der Waals surface area contributed by atoms with Gasteiger partial charge in [-0.3, -0.25) is 9.69 Å². The van der Waals surface area contributed by atoms with Crippen LogP contribution in [0.4, 0.5) is 5.69 Å². The fraction of sp³-hybridized carbons (Fsp3) is 0.562. The number of nitrogens with zero attached hydrogens (tertiary/aromatic N) is 1. The maximum absolute atomic E-state index is 12.2. The lowest BCUT2D eigenvalue weighted by atomic mass is 10.2. The van der Waals surface area contributed by atoms with Gasteiger partial charge in [0.05, 0.1) is 31.0 Å². The Kier molecular flexibility index (Phi) is 5.59. The molecule has 2 rings (SSSR count). The lowest BCUT2D eigenvalue weighted by molar-refractivity contribution is -0.121. The minimum atomic E-state index is -0.0246. The summed E-state index contributed by atoms with van der Waals surface area (Å²) in [4.78, 5) is 14.3. The van der Waals surface area contributed by atoms with Crippen molar-refractivity contribution < 1.29 is 14.3 Å². The molecule has 0 spiro atoms. The molecule has 0 unspecified atom stereocenters. The fourth-order valence-electron chi connectivity index (χ4n) is 2.66. The number of carbonyl (C=O) groups excluding carboxylic acids is 1. The van der Waals surface area contributed by atoms with Crippen molar-refractivity contribution in [2.75, 3.05) is 31.6 Å². The summed E-state index contributed by atoms with van der Waals surface area (Å²) in [6, 6.07) is 7.49. The molecule has 1 aromatic rings. The highest BCUT2D eigenvalue weighted by Gasteiger charge is 2.23. The molecule has 1 N–H and O–H groups in total. The van der Waals surface area contributed by atoms with Gasteiger partial charge >= 0.3 is 0 Å². The first-order chi connectivity index (χ1) is 10.1. The van der Waals surface area contributed by atoms with E-state index in [1.807, 2.05) is 45.0 Å². The molecule has 5 heteroatoms. The summed E-state index contributed by atoms with van der Waals surface area (Å²) >= 11 is 0. The summed E-state index contributed by atoms with van der Waals surface area (Å²) in [6.07, 6.45) is 0.328. The molecule has 5 nitrogen and oxygen atoms in total. The van der Waals surface area contributed by atoms with Crippen molar-refractivity contribution in [1.82, 2.24) is 4.90 Å². The highest BCUT2D eigenvalue weighted by Crippen LogP contribution is 2.23. The molecule has 0 bridgehead atoms. The number of amides is 1. The van der Waals surface area contributed by atoms with Gasteiger partial charge in [0.25, 0.3) is 0 Å². The van der Waals surface area contributed by atoms with E-state index in [1.54, 1.807) is 0 Å². The number of nitrogens with one attached hydrogen (secondary N) is 1. The van der Waals surface area contributed by atoms with Gasteiger partial charge in [-0.25, -0.2) is 0 Å². The molecule has 2 atom stereocenters. The molecule has 21 heavy (non-hydrogen) atoms. The summed E-state index contributed by atoms with van der Waals surface area (Å²) in [5, 5.41) is 2.93. The van der Waals surface area contributed by atoms with Crippen LogP contribution in [0.15, 0.2) is 24.3 Å². The molecular formula is C16H24N2O3. The predicted octanol–water partition coefficient (Wildman–Crippen LogP) is 2.13. The van der Waals surface area contributed by atoms with Gasteiger partial charge in [-0.15, -0.1) is 0 Å². The zero-order valence-corrected chi connectivity index (χ0v) is 13.0. The van der Waals surface area contributed by atoms with Crippen molar-refractivity contribution >= 4 is 11.6 Å². The van der Waals surface area contributed by atoms with E-state index >= 15 is 0 Å². The lowest BCUT2D eigenvalue weighted by Gasteiger charge is -2.34. The maximum atomic E-state index is 12.2. The van der Waals surface area contributed by atoms with Crippen LogP contribution in [0, 0.1) is 0 Å². The predicted molar refractivity (Wildman–Crippen MR) is 82.7 cm³/mol. The molecule has 116 valence electrons. The Labute approximate surface area is 126 Å². The van der Waals surface area contributed by atoms with E-state index in [2.05, 4.69) is 10.2 Å². The molecule has 1 fully saturated rings. The van der Waals surface area contributed by atoms with Gasteiger partial charge in [-0.2, -0.15) is 0 Å². The summed E-state index contributed by atoms with van der Waals surface area (Å²) in [5.74, 6) is 0.681. The Bertz CT molecular complexity index is 468. The fourth-order valence-corrected chi connectivity index (χ4v) is 2.66. The number of morpholine rings is 1.